The monoisotopic (exact) mass is 212 g/mol. The largest absolute Gasteiger partial charge is 0.273 e. The van der Waals surface area contributed by atoms with Crippen molar-refractivity contribution in [1.29, 1.82) is 0 Å². The lowest BCUT2D eigenvalue weighted by Crippen LogP contribution is -2.15. The Hall–Kier alpha value is -0.500. The fourth-order valence-corrected chi connectivity index (χ4v) is 2.25. The molecule has 3 heteroatoms. The first-order valence-electron chi connectivity index (χ1n) is 5.32. The molecule has 14 heavy (non-hydrogen) atoms. The van der Waals surface area contributed by atoms with E-state index < -0.39 is 0 Å². The Morgan fingerprint density at radius 2 is 2.36 bits per heavy atom. The van der Waals surface area contributed by atoms with Crippen molar-refractivity contribution in [3.63, 3.8) is 0 Å². The van der Waals surface area contributed by atoms with Crippen LogP contribution in [0.25, 0.3) is 0 Å². The highest BCUT2D eigenvalue weighted by Gasteiger charge is 2.46. The SMILES string of the molecule is CCn1cc(CC2(C(C)Cl)CC2)cn1. The topological polar surface area (TPSA) is 17.8 Å². The number of halogens is 1. The van der Waals surface area contributed by atoms with Crippen molar-refractivity contribution in [3.8, 4) is 0 Å². The summed E-state index contributed by atoms with van der Waals surface area (Å²) in [5, 5.41) is 4.56. The first-order valence-corrected chi connectivity index (χ1v) is 5.75. The van der Waals surface area contributed by atoms with Crippen molar-refractivity contribution in [3.05, 3.63) is 18.0 Å². The van der Waals surface area contributed by atoms with Crippen LogP contribution in [0.5, 0.6) is 0 Å². The lowest BCUT2D eigenvalue weighted by Gasteiger charge is -2.16. The summed E-state index contributed by atoms with van der Waals surface area (Å²) in [4.78, 5) is 0. The molecule has 1 fully saturated rings. The van der Waals surface area contributed by atoms with Crippen LogP contribution in [0, 0.1) is 5.41 Å². The first-order chi connectivity index (χ1) is 6.66. The fourth-order valence-electron chi connectivity index (χ4n) is 1.95. The van der Waals surface area contributed by atoms with E-state index in [4.69, 9.17) is 11.6 Å². The van der Waals surface area contributed by atoms with E-state index >= 15 is 0 Å². The molecule has 2 nitrogen and oxygen atoms in total. The van der Waals surface area contributed by atoms with Crippen LogP contribution >= 0.6 is 11.6 Å². The van der Waals surface area contributed by atoms with E-state index in [9.17, 15) is 0 Å². The van der Waals surface area contributed by atoms with Crippen LogP contribution in [0.1, 0.15) is 32.3 Å². The molecule has 0 amide bonds. The number of aryl methyl sites for hydroxylation is 1. The van der Waals surface area contributed by atoms with Gasteiger partial charge in [-0.3, -0.25) is 4.68 Å². The van der Waals surface area contributed by atoms with Gasteiger partial charge in [-0.2, -0.15) is 5.10 Å². The van der Waals surface area contributed by atoms with Crippen LogP contribution in [-0.2, 0) is 13.0 Å². The summed E-state index contributed by atoms with van der Waals surface area (Å²) in [7, 11) is 0. The molecule has 0 radical (unpaired) electrons. The van der Waals surface area contributed by atoms with Crippen molar-refractivity contribution in [2.45, 2.75) is 45.0 Å². The van der Waals surface area contributed by atoms with E-state index in [1.807, 2.05) is 10.9 Å². The molecule has 2 rings (SSSR count). The first kappa shape index (κ1) is 10.0. The Morgan fingerprint density at radius 3 is 2.79 bits per heavy atom. The van der Waals surface area contributed by atoms with Crippen molar-refractivity contribution < 1.29 is 0 Å². The summed E-state index contributed by atoms with van der Waals surface area (Å²) in [6, 6.07) is 0. The second-order valence-corrected chi connectivity index (χ2v) is 5.01. The van der Waals surface area contributed by atoms with Gasteiger partial charge >= 0.3 is 0 Å². The quantitative estimate of drug-likeness (QED) is 0.702. The molecule has 0 aliphatic heterocycles. The van der Waals surface area contributed by atoms with Crippen molar-refractivity contribution in [2.75, 3.05) is 0 Å². The third-order valence-corrected chi connectivity index (χ3v) is 3.77. The molecule has 0 bridgehead atoms. The molecule has 1 saturated carbocycles. The third kappa shape index (κ3) is 1.81. The summed E-state index contributed by atoms with van der Waals surface area (Å²) in [5.74, 6) is 0. The summed E-state index contributed by atoms with van der Waals surface area (Å²) in [6.45, 7) is 5.16. The molecule has 0 aromatic carbocycles. The van der Waals surface area contributed by atoms with Gasteiger partial charge < -0.3 is 0 Å². The lowest BCUT2D eigenvalue weighted by atomic mass is 9.95. The number of hydrogen-bond acceptors (Lipinski definition) is 1. The number of nitrogens with zero attached hydrogens (tertiary/aromatic N) is 2. The zero-order valence-electron chi connectivity index (χ0n) is 8.83. The van der Waals surface area contributed by atoms with Crippen LogP contribution < -0.4 is 0 Å². The van der Waals surface area contributed by atoms with Gasteiger partial charge in [0.2, 0.25) is 0 Å². The second kappa shape index (κ2) is 3.58. The summed E-state index contributed by atoms with van der Waals surface area (Å²) >= 11 is 6.20. The molecule has 1 heterocycles. The molecule has 78 valence electrons. The van der Waals surface area contributed by atoms with Gasteiger partial charge in [0.25, 0.3) is 0 Å². The Balaban J connectivity index is 2.04. The van der Waals surface area contributed by atoms with Crippen LogP contribution in [0.2, 0.25) is 0 Å². The van der Waals surface area contributed by atoms with Crippen molar-refractivity contribution >= 4 is 11.6 Å². The molecule has 0 N–H and O–H groups in total. The Bertz CT molecular complexity index is 313. The molecule has 1 aliphatic carbocycles. The average Bonchev–Trinajstić information content (AvgIpc) is 2.78. The maximum Gasteiger partial charge on any atom is 0.0521 e. The lowest BCUT2D eigenvalue weighted by molar-refractivity contribution is 0.496. The zero-order chi connectivity index (χ0) is 10.2. The van der Waals surface area contributed by atoms with Gasteiger partial charge in [-0.1, -0.05) is 0 Å². The molecule has 1 aliphatic rings. The van der Waals surface area contributed by atoms with Crippen molar-refractivity contribution in [2.24, 2.45) is 5.41 Å². The highest BCUT2D eigenvalue weighted by Crippen LogP contribution is 2.53. The van der Waals surface area contributed by atoms with E-state index in [0.717, 1.165) is 13.0 Å². The summed E-state index contributed by atoms with van der Waals surface area (Å²) in [6.07, 6.45) is 7.75. The van der Waals surface area contributed by atoms with Gasteiger partial charge in [-0.15, -0.1) is 11.6 Å². The second-order valence-electron chi connectivity index (χ2n) is 4.36. The van der Waals surface area contributed by atoms with E-state index in [2.05, 4.69) is 25.1 Å². The van der Waals surface area contributed by atoms with Gasteiger partial charge in [-0.05, 0) is 44.1 Å². The molecule has 1 atom stereocenters. The number of hydrogen-bond donors (Lipinski definition) is 0. The number of alkyl halides is 1. The van der Waals surface area contributed by atoms with Crippen LogP contribution in [-0.4, -0.2) is 15.2 Å². The normalized spacial score (nSPS) is 20.8. The van der Waals surface area contributed by atoms with Gasteiger partial charge in [0.1, 0.15) is 0 Å². The summed E-state index contributed by atoms with van der Waals surface area (Å²) in [5.41, 5.74) is 1.71. The van der Waals surface area contributed by atoms with E-state index in [-0.39, 0.29) is 5.38 Å². The van der Waals surface area contributed by atoms with Crippen LogP contribution in [0.3, 0.4) is 0 Å². The van der Waals surface area contributed by atoms with Crippen LogP contribution in [0.4, 0.5) is 0 Å². The summed E-state index contributed by atoms with van der Waals surface area (Å²) < 4.78 is 1.98. The highest BCUT2D eigenvalue weighted by atomic mass is 35.5. The minimum absolute atomic E-state index is 0.285. The van der Waals surface area contributed by atoms with E-state index in [1.165, 1.54) is 18.4 Å². The molecular weight excluding hydrogens is 196 g/mol. The fraction of sp³-hybridized carbons (Fsp3) is 0.727. The minimum atomic E-state index is 0.285. The smallest absolute Gasteiger partial charge is 0.0521 e. The van der Waals surface area contributed by atoms with Crippen LogP contribution in [0.15, 0.2) is 12.4 Å². The van der Waals surface area contributed by atoms with E-state index in [1.54, 1.807) is 0 Å². The van der Waals surface area contributed by atoms with Gasteiger partial charge in [0, 0.05) is 18.1 Å². The van der Waals surface area contributed by atoms with Gasteiger partial charge in [0.15, 0.2) is 0 Å². The Labute approximate surface area is 90.3 Å². The molecule has 1 aromatic rings. The predicted octanol–water partition coefficient (Wildman–Crippen LogP) is 2.85. The molecule has 0 spiro atoms. The maximum atomic E-state index is 6.20. The third-order valence-electron chi connectivity index (χ3n) is 3.30. The highest BCUT2D eigenvalue weighted by molar-refractivity contribution is 6.21. The number of aromatic nitrogens is 2. The number of rotatable bonds is 4. The van der Waals surface area contributed by atoms with E-state index in [0.29, 0.717) is 5.41 Å². The average molecular weight is 213 g/mol. The van der Waals surface area contributed by atoms with Gasteiger partial charge in [-0.25, -0.2) is 0 Å². The maximum absolute atomic E-state index is 6.20. The zero-order valence-corrected chi connectivity index (χ0v) is 9.59. The molecule has 0 saturated heterocycles. The standard InChI is InChI=1S/C11H17ClN2/c1-3-14-8-10(7-13-14)6-11(4-5-11)9(2)12/h7-9H,3-6H2,1-2H3. The van der Waals surface area contributed by atoms with Crippen molar-refractivity contribution in [1.82, 2.24) is 9.78 Å². The minimum Gasteiger partial charge on any atom is -0.273 e. The van der Waals surface area contributed by atoms with Gasteiger partial charge in [0.05, 0.1) is 6.20 Å². The molecular formula is C11H17ClN2. The molecule has 1 aromatic heterocycles. The Morgan fingerprint density at radius 1 is 1.64 bits per heavy atom. The molecule has 1 unspecified atom stereocenters. The Kier molecular flexibility index (Phi) is 2.56. The predicted molar refractivity (Wildman–Crippen MR) is 58.6 cm³/mol.